The van der Waals surface area contributed by atoms with Crippen LogP contribution < -0.4 is 9.47 Å². The zero-order chi connectivity index (χ0) is 27.1. The monoisotopic (exact) mass is 525 g/mol. The van der Waals surface area contributed by atoms with Crippen molar-refractivity contribution in [1.82, 2.24) is 0 Å². The Morgan fingerprint density at radius 3 is 2.28 bits per heavy atom. The number of carbonyl (C=O) groups excluding carboxylic acids is 1. The third-order valence-corrected chi connectivity index (χ3v) is 7.69. The molecule has 1 heterocycles. The van der Waals surface area contributed by atoms with Crippen molar-refractivity contribution >= 4 is 11.7 Å². The highest BCUT2D eigenvalue weighted by Gasteiger charge is 2.36. The molecule has 6 heteroatoms. The normalized spacial score (nSPS) is 14.6. The van der Waals surface area contributed by atoms with Gasteiger partial charge in [-0.3, -0.25) is 0 Å². The maximum absolute atomic E-state index is 12.8. The maximum Gasteiger partial charge on any atom is 0.343 e. The summed E-state index contributed by atoms with van der Waals surface area (Å²) in [6.07, 6.45) is 6.12. The molecule has 0 atom stereocenters. The minimum atomic E-state index is -0.390. The summed E-state index contributed by atoms with van der Waals surface area (Å²) in [6, 6.07) is 18.6. The maximum atomic E-state index is 12.8. The summed E-state index contributed by atoms with van der Waals surface area (Å²) in [5, 5.41) is 0. The van der Waals surface area contributed by atoms with E-state index < -0.39 is 0 Å². The van der Waals surface area contributed by atoms with E-state index in [1.807, 2.05) is 42.5 Å². The van der Waals surface area contributed by atoms with Crippen LogP contribution in [0.3, 0.4) is 0 Å². The summed E-state index contributed by atoms with van der Waals surface area (Å²) in [5.41, 5.74) is 5.84. The standard InChI is InChI=1S/C33H35NO5/c1-3-33(22-37-23-33)21-36-16-6-4-5-7-17-38-28-10-12-29(13-11-28)39-32(35)24-8-14-30-25(18-24)19-26-20-27(34-2)9-15-31(26)30/h8-15,18,20H,3-7,16-17,19,21-23H2,1H3. The third-order valence-electron chi connectivity index (χ3n) is 7.69. The Hall–Kier alpha value is -3.66. The van der Waals surface area contributed by atoms with Gasteiger partial charge in [-0.15, -0.1) is 0 Å². The van der Waals surface area contributed by atoms with Crippen molar-refractivity contribution in [1.29, 1.82) is 0 Å². The number of nitrogens with zero attached hydrogens (tertiary/aromatic N) is 1. The molecule has 1 aliphatic carbocycles. The summed E-state index contributed by atoms with van der Waals surface area (Å²) < 4.78 is 22.7. The number of carbonyl (C=O) groups is 1. The summed E-state index contributed by atoms with van der Waals surface area (Å²) in [5.74, 6) is 0.857. The summed E-state index contributed by atoms with van der Waals surface area (Å²) in [6.45, 7) is 13.4. The van der Waals surface area contributed by atoms with Gasteiger partial charge in [-0.1, -0.05) is 37.6 Å². The van der Waals surface area contributed by atoms with Crippen LogP contribution in [-0.2, 0) is 15.9 Å². The fourth-order valence-electron chi connectivity index (χ4n) is 5.08. The van der Waals surface area contributed by atoms with Crippen LogP contribution in [0.1, 0.15) is 60.5 Å². The van der Waals surface area contributed by atoms with Crippen LogP contribution in [0.15, 0.2) is 60.7 Å². The molecule has 1 fully saturated rings. The van der Waals surface area contributed by atoms with E-state index in [9.17, 15) is 4.79 Å². The van der Waals surface area contributed by atoms with Crippen LogP contribution >= 0.6 is 0 Å². The molecule has 0 saturated carbocycles. The lowest BCUT2D eigenvalue weighted by atomic mass is 9.84. The molecule has 3 aromatic rings. The lowest BCUT2D eigenvalue weighted by Gasteiger charge is -2.40. The van der Waals surface area contributed by atoms with Crippen LogP contribution in [0.25, 0.3) is 16.0 Å². The van der Waals surface area contributed by atoms with E-state index in [4.69, 9.17) is 25.5 Å². The first-order valence-electron chi connectivity index (χ1n) is 13.8. The summed E-state index contributed by atoms with van der Waals surface area (Å²) in [4.78, 5) is 16.3. The molecule has 0 unspecified atom stereocenters. The Kier molecular flexibility index (Phi) is 8.61. The molecule has 0 aromatic heterocycles. The quantitative estimate of drug-likeness (QED) is 0.0787. The minimum absolute atomic E-state index is 0.266. The third kappa shape index (κ3) is 6.50. The van der Waals surface area contributed by atoms with Crippen LogP contribution in [0, 0.1) is 12.0 Å². The highest BCUT2D eigenvalue weighted by molar-refractivity contribution is 5.93. The van der Waals surface area contributed by atoms with Gasteiger partial charge in [0.25, 0.3) is 0 Å². The van der Waals surface area contributed by atoms with E-state index in [1.54, 1.807) is 18.2 Å². The van der Waals surface area contributed by atoms with Crippen LogP contribution in [0.4, 0.5) is 5.69 Å². The van der Waals surface area contributed by atoms with Gasteiger partial charge in [0, 0.05) is 12.0 Å². The SMILES string of the molecule is [C-]#[N+]c1ccc2c(c1)Cc1cc(C(=O)Oc3ccc(OCCCCCCOCC4(CC)COC4)cc3)ccc1-2. The average molecular weight is 526 g/mol. The number of benzene rings is 3. The van der Waals surface area contributed by atoms with Gasteiger partial charge >= 0.3 is 5.97 Å². The zero-order valence-corrected chi connectivity index (χ0v) is 22.5. The number of ether oxygens (including phenoxy) is 4. The number of esters is 1. The molecule has 0 amide bonds. The Morgan fingerprint density at radius 2 is 1.59 bits per heavy atom. The van der Waals surface area contributed by atoms with E-state index in [2.05, 4.69) is 11.8 Å². The topological polar surface area (TPSA) is 58.4 Å². The fourth-order valence-corrected chi connectivity index (χ4v) is 5.08. The average Bonchev–Trinajstić information content (AvgIpc) is 3.31. The van der Waals surface area contributed by atoms with E-state index in [-0.39, 0.29) is 11.4 Å². The van der Waals surface area contributed by atoms with Gasteiger partial charge in [-0.05, 0) is 90.8 Å². The van der Waals surface area contributed by atoms with E-state index in [0.29, 0.717) is 30.0 Å². The molecule has 1 aliphatic heterocycles. The highest BCUT2D eigenvalue weighted by atomic mass is 16.5. The highest BCUT2D eigenvalue weighted by Crippen LogP contribution is 2.39. The predicted octanol–water partition coefficient (Wildman–Crippen LogP) is 7.41. The second-order valence-corrected chi connectivity index (χ2v) is 10.5. The van der Waals surface area contributed by atoms with Gasteiger partial charge < -0.3 is 18.9 Å². The van der Waals surface area contributed by atoms with E-state index >= 15 is 0 Å². The molecular weight excluding hydrogens is 490 g/mol. The molecule has 1 saturated heterocycles. The van der Waals surface area contributed by atoms with Crippen molar-refractivity contribution in [2.75, 3.05) is 33.0 Å². The predicted molar refractivity (Wildman–Crippen MR) is 151 cm³/mol. The van der Waals surface area contributed by atoms with Gasteiger partial charge in [0.2, 0.25) is 0 Å². The van der Waals surface area contributed by atoms with Crippen LogP contribution in [0.5, 0.6) is 11.5 Å². The first kappa shape index (κ1) is 26.9. The zero-order valence-electron chi connectivity index (χ0n) is 22.5. The molecule has 0 spiro atoms. The first-order valence-corrected chi connectivity index (χ1v) is 13.8. The van der Waals surface area contributed by atoms with Crippen molar-refractivity contribution in [2.45, 2.75) is 45.4 Å². The molecule has 2 aliphatic rings. The lowest BCUT2D eigenvalue weighted by Crippen LogP contribution is -2.45. The van der Waals surface area contributed by atoms with Gasteiger partial charge in [0.1, 0.15) is 11.5 Å². The molecule has 5 rings (SSSR count). The molecular formula is C33H35NO5. The van der Waals surface area contributed by atoms with Gasteiger partial charge in [0.05, 0.1) is 38.6 Å². The van der Waals surface area contributed by atoms with Gasteiger partial charge in [-0.2, -0.15) is 0 Å². The second kappa shape index (κ2) is 12.5. The van der Waals surface area contributed by atoms with Crippen LogP contribution in [0.2, 0.25) is 0 Å². The van der Waals surface area contributed by atoms with Crippen molar-refractivity contribution in [2.24, 2.45) is 5.41 Å². The van der Waals surface area contributed by atoms with Crippen molar-refractivity contribution < 1.29 is 23.7 Å². The van der Waals surface area contributed by atoms with Gasteiger partial charge in [0.15, 0.2) is 5.69 Å². The molecule has 0 N–H and O–H groups in total. The Bertz CT molecular complexity index is 1330. The minimum Gasteiger partial charge on any atom is -0.494 e. The number of unbranched alkanes of at least 4 members (excludes halogenated alkanes) is 3. The van der Waals surface area contributed by atoms with E-state index in [0.717, 1.165) is 86.5 Å². The Morgan fingerprint density at radius 1 is 0.897 bits per heavy atom. The van der Waals surface area contributed by atoms with E-state index in [1.165, 1.54) is 0 Å². The molecule has 0 radical (unpaired) electrons. The first-order chi connectivity index (χ1) is 19.1. The number of fused-ring (bicyclic) bond motifs is 3. The summed E-state index contributed by atoms with van der Waals surface area (Å²) in [7, 11) is 0. The van der Waals surface area contributed by atoms with Crippen LogP contribution in [-0.4, -0.2) is 39.0 Å². The van der Waals surface area contributed by atoms with Crippen molar-refractivity contribution in [3.8, 4) is 22.6 Å². The summed E-state index contributed by atoms with van der Waals surface area (Å²) >= 11 is 0. The molecule has 3 aromatic carbocycles. The van der Waals surface area contributed by atoms with Crippen molar-refractivity contribution in [3.05, 3.63) is 88.8 Å². The smallest absolute Gasteiger partial charge is 0.343 e. The fraction of sp³-hybridized carbons (Fsp3) is 0.394. The second-order valence-electron chi connectivity index (χ2n) is 10.5. The molecule has 202 valence electrons. The lowest BCUT2D eigenvalue weighted by molar-refractivity contribution is -0.150. The Balaban J connectivity index is 1.01. The van der Waals surface area contributed by atoms with Gasteiger partial charge in [-0.25, -0.2) is 9.64 Å². The largest absolute Gasteiger partial charge is 0.494 e. The van der Waals surface area contributed by atoms with Crippen molar-refractivity contribution in [3.63, 3.8) is 0 Å². The number of hydrogen-bond acceptors (Lipinski definition) is 5. The number of rotatable bonds is 13. The molecule has 39 heavy (non-hydrogen) atoms. The Labute approximate surface area is 230 Å². The number of hydrogen-bond donors (Lipinski definition) is 0. The molecule has 0 bridgehead atoms. The molecule has 6 nitrogen and oxygen atoms in total.